The van der Waals surface area contributed by atoms with E-state index in [1.807, 2.05) is 41.7 Å². The van der Waals surface area contributed by atoms with Crippen LogP contribution in [0.1, 0.15) is 51.9 Å². The molecule has 0 saturated carbocycles. The normalized spacial score (nSPS) is 12.3. The molecule has 0 atom stereocenters. The summed E-state index contributed by atoms with van der Waals surface area (Å²) in [7, 11) is 0. The summed E-state index contributed by atoms with van der Waals surface area (Å²) in [6.07, 6.45) is 0. The fourth-order valence-electron chi connectivity index (χ4n) is 1.59. The summed E-state index contributed by atoms with van der Waals surface area (Å²) in [5, 5.41) is 0. The minimum absolute atomic E-state index is 0.200. The van der Waals surface area contributed by atoms with Gasteiger partial charge in [-0.05, 0) is 18.2 Å². The van der Waals surface area contributed by atoms with Crippen molar-refractivity contribution in [2.24, 2.45) is 5.73 Å². The van der Waals surface area contributed by atoms with E-state index in [0.717, 1.165) is 17.4 Å². The molecule has 0 aliphatic heterocycles. The zero-order chi connectivity index (χ0) is 17.0. The molecule has 0 aliphatic carbocycles. The van der Waals surface area contributed by atoms with Gasteiger partial charge in [0.1, 0.15) is 0 Å². The van der Waals surface area contributed by atoms with Gasteiger partial charge in [-0.25, -0.2) is 0 Å². The summed E-state index contributed by atoms with van der Waals surface area (Å²) in [6.45, 7) is 13.3. The van der Waals surface area contributed by atoms with Crippen molar-refractivity contribution in [1.82, 2.24) is 0 Å². The highest BCUT2D eigenvalue weighted by Gasteiger charge is 2.18. The highest BCUT2D eigenvalue weighted by molar-refractivity contribution is 8.01. The molecular weight excluding hydrogens is 312 g/mol. The maximum atomic E-state index is 11.4. The first-order valence-electron chi connectivity index (χ1n) is 7.41. The molecule has 124 valence electrons. The Kier molecular flexibility index (Phi) is 6.68. The third-order valence-electron chi connectivity index (χ3n) is 2.80. The van der Waals surface area contributed by atoms with Crippen LogP contribution in [0.2, 0.25) is 0 Å². The van der Waals surface area contributed by atoms with E-state index in [0.29, 0.717) is 5.56 Å². The van der Waals surface area contributed by atoms with Crippen molar-refractivity contribution in [2.45, 2.75) is 51.0 Å². The van der Waals surface area contributed by atoms with Crippen LogP contribution in [-0.2, 0) is 0 Å². The van der Waals surface area contributed by atoms with Crippen molar-refractivity contribution < 1.29 is 4.79 Å². The number of hydrogen-bond donors (Lipinski definition) is 1. The van der Waals surface area contributed by atoms with E-state index in [4.69, 9.17) is 5.73 Å². The molecule has 1 amide bonds. The molecular formula is C17H28N2OS2. The number of carbonyl (C=O) groups excluding carboxylic acids is 1. The first kappa shape index (κ1) is 19.2. The van der Waals surface area contributed by atoms with Gasteiger partial charge < -0.3 is 10.6 Å². The van der Waals surface area contributed by atoms with Gasteiger partial charge in [0, 0.05) is 20.7 Å². The lowest BCUT2D eigenvalue weighted by Crippen LogP contribution is -2.28. The Balaban J connectivity index is 2.92. The second-order valence-electron chi connectivity index (χ2n) is 7.23. The van der Waals surface area contributed by atoms with Crippen LogP contribution >= 0.6 is 23.5 Å². The molecule has 0 saturated heterocycles. The van der Waals surface area contributed by atoms with E-state index >= 15 is 0 Å². The van der Waals surface area contributed by atoms with Gasteiger partial charge in [0.15, 0.2) is 0 Å². The topological polar surface area (TPSA) is 46.3 Å². The molecule has 0 unspecified atom stereocenters. The number of rotatable bonds is 6. The zero-order valence-electron chi connectivity index (χ0n) is 14.5. The van der Waals surface area contributed by atoms with Crippen LogP contribution in [0.4, 0.5) is 5.69 Å². The lowest BCUT2D eigenvalue weighted by atomic mass is 10.2. The molecule has 0 spiro atoms. The maximum Gasteiger partial charge on any atom is 0.248 e. The third-order valence-corrected chi connectivity index (χ3v) is 5.42. The van der Waals surface area contributed by atoms with Gasteiger partial charge in [0.2, 0.25) is 5.91 Å². The molecule has 0 bridgehead atoms. The van der Waals surface area contributed by atoms with Gasteiger partial charge >= 0.3 is 0 Å². The largest absolute Gasteiger partial charge is 0.366 e. The minimum atomic E-state index is -0.381. The Morgan fingerprint density at radius 1 is 1.05 bits per heavy atom. The summed E-state index contributed by atoms with van der Waals surface area (Å²) in [5.41, 5.74) is 7.01. The molecule has 0 radical (unpaired) electrons. The molecule has 3 nitrogen and oxygen atoms in total. The number of thioether (sulfide) groups is 2. The summed E-state index contributed by atoms with van der Waals surface area (Å²) in [5.74, 6) is 1.39. The number of nitrogens with two attached hydrogens (primary N) is 1. The van der Waals surface area contributed by atoms with Gasteiger partial charge in [-0.2, -0.15) is 0 Å². The van der Waals surface area contributed by atoms with Crippen LogP contribution in [0.5, 0.6) is 0 Å². The predicted octanol–water partition coefficient (Wildman–Crippen LogP) is 4.57. The van der Waals surface area contributed by atoms with E-state index in [-0.39, 0.29) is 15.4 Å². The van der Waals surface area contributed by atoms with Crippen molar-refractivity contribution in [3.8, 4) is 0 Å². The molecule has 1 aromatic carbocycles. The monoisotopic (exact) mass is 340 g/mol. The van der Waals surface area contributed by atoms with E-state index in [1.54, 1.807) is 6.07 Å². The Bertz CT molecular complexity index is 486. The van der Waals surface area contributed by atoms with E-state index < -0.39 is 0 Å². The molecule has 0 fully saturated rings. The number of anilines is 1. The Hall–Kier alpha value is -0.810. The van der Waals surface area contributed by atoms with Gasteiger partial charge in [-0.15, -0.1) is 23.5 Å². The van der Waals surface area contributed by atoms with E-state index in [9.17, 15) is 4.79 Å². The van der Waals surface area contributed by atoms with Gasteiger partial charge in [-0.1, -0.05) is 47.6 Å². The molecule has 1 rings (SSSR count). The average Bonchev–Trinajstić information content (AvgIpc) is 2.36. The van der Waals surface area contributed by atoms with Crippen molar-refractivity contribution in [3.05, 3.63) is 29.8 Å². The summed E-state index contributed by atoms with van der Waals surface area (Å²) in [6, 6.07) is 7.58. The minimum Gasteiger partial charge on any atom is -0.366 e. The molecule has 0 aromatic heterocycles. The first-order valence-corrected chi connectivity index (χ1v) is 9.38. The van der Waals surface area contributed by atoms with Gasteiger partial charge in [0.05, 0.1) is 11.8 Å². The number of carbonyl (C=O) groups is 1. The van der Waals surface area contributed by atoms with Crippen LogP contribution in [0.15, 0.2) is 24.3 Å². The Labute approximate surface area is 143 Å². The summed E-state index contributed by atoms with van der Waals surface area (Å²) >= 11 is 3.80. The molecule has 0 heterocycles. The fourth-order valence-corrected chi connectivity index (χ4v) is 3.27. The van der Waals surface area contributed by atoms with Crippen LogP contribution in [0.3, 0.4) is 0 Å². The first-order chi connectivity index (χ1) is 9.98. The van der Waals surface area contributed by atoms with Crippen molar-refractivity contribution in [1.29, 1.82) is 0 Å². The molecule has 1 aromatic rings. The molecule has 2 N–H and O–H groups in total. The standard InChI is InChI=1S/C17H28N2OS2/c1-16(2,3)21-11-19(12-22-17(4,5)6)14-9-7-8-13(10-14)15(18)20/h7-10H,11-12H2,1-6H3,(H2,18,20). The van der Waals surface area contributed by atoms with Crippen LogP contribution in [0, 0.1) is 0 Å². The second kappa shape index (κ2) is 7.64. The van der Waals surface area contributed by atoms with Crippen LogP contribution in [0.25, 0.3) is 0 Å². The number of nitrogens with zero attached hydrogens (tertiary/aromatic N) is 1. The van der Waals surface area contributed by atoms with Gasteiger partial charge in [-0.3, -0.25) is 4.79 Å². The van der Waals surface area contributed by atoms with Gasteiger partial charge in [0.25, 0.3) is 0 Å². The SMILES string of the molecule is CC(C)(C)SCN(CSC(C)(C)C)c1cccc(C(N)=O)c1. The highest BCUT2D eigenvalue weighted by Crippen LogP contribution is 2.31. The highest BCUT2D eigenvalue weighted by atomic mass is 32.2. The quantitative estimate of drug-likeness (QED) is 0.771. The zero-order valence-corrected chi connectivity index (χ0v) is 16.1. The number of amides is 1. The Morgan fingerprint density at radius 2 is 1.55 bits per heavy atom. The molecule has 5 heteroatoms. The summed E-state index contributed by atoms with van der Waals surface area (Å²) in [4.78, 5) is 13.7. The number of benzene rings is 1. The molecule has 0 aliphatic rings. The van der Waals surface area contributed by atoms with E-state index in [1.165, 1.54) is 0 Å². The fraction of sp³-hybridized carbons (Fsp3) is 0.588. The molecule has 22 heavy (non-hydrogen) atoms. The van der Waals surface area contributed by atoms with Crippen LogP contribution in [-0.4, -0.2) is 27.2 Å². The second-order valence-corrected chi connectivity index (χ2v) is 10.8. The van der Waals surface area contributed by atoms with E-state index in [2.05, 4.69) is 46.4 Å². The van der Waals surface area contributed by atoms with Crippen LogP contribution < -0.4 is 10.6 Å². The lowest BCUT2D eigenvalue weighted by molar-refractivity contribution is 0.100. The Morgan fingerprint density at radius 3 is 1.95 bits per heavy atom. The maximum absolute atomic E-state index is 11.4. The smallest absolute Gasteiger partial charge is 0.248 e. The third kappa shape index (κ3) is 7.45. The number of hydrogen-bond acceptors (Lipinski definition) is 4. The van der Waals surface area contributed by atoms with Crippen molar-refractivity contribution in [3.63, 3.8) is 0 Å². The van der Waals surface area contributed by atoms with Crippen molar-refractivity contribution in [2.75, 3.05) is 16.7 Å². The average molecular weight is 341 g/mol. The number of primary amides is 1. The lowest BCUT2D eigenvalue weighted by Gasteiger charge is -2.30. The van der Waals surface area contributed by atoms with Crippen molar-refractivity contribution >= 4 is 35.1 Å². The predicted molar refractivity (Wildman–Crippen MR) is 102 cm³/mol. The summed E-state index contributed by atoms with van der Waals surface area (Å²) < 4.78 is 0.401.